The molecule has 0 radical (unpaired) electrons. The summed E-state index contributed by atoms with van der Waals surface area (Å²) in [6.45, 7) is 1.59. The number of piperazine rings is 1. The minimum Gasteiger partial charge on any atom is -0.445 e. The number of aliphatic hydroxyl groups excluding tert-OH is 1. The molecule has 0 aromatic heterocycles. The SMILES string of the molecule is O=C(OCc1ccccc1)N1CCN(C(c2ccccc2)(c2ccccc2)c2ccccc2)[C@H](CO)C1. The Morgan fingerprint density at radius 2 is 1.19 bits per heavy atom. The fraction of sp³-hybridized carbons (Fsp3) is 0.219. The lowest BCUT2D eigenvalue weighted by Gasteiger charge is -2.52. The van der Waals surface area contributed by atoms with Crippen molar-refractivity contribution >= 4 is 6.09 Å². The van der Waals surface area contributed by atoms with Crippen LogP contribution < -0.4 is 0 Å². The van der Waals surface area contributed by atoms with E-state index in [-0.39, 0.29) is 25.3 Å². The van der Waals surface area contributed by atoms with E-state index >= 15 is 0 Å². The number of rotatable bonds is 7. The Morgan fingerprint density at radius 3 is 1.65 bits per heavy atom. The number of hydrogen-bond acceptors (Lipinski definition) is 4. The smallest absolute Gasteiger partial charge is 0.410 e. The molecule has 1 atom stereocenters. The third-order valence-electron chi connectivity index (χ3n) is 7.16. The summed E-state index contributed by atoms with van der Waals surface area (Å²) in [4.78, 5) is 17.1. The Hall–Kier alpha value is -3.93. The van der Waals surface area contributed by atoms with Gasteiger partial charge >= 0.3 is 6.09 Å². The first-order chi connectivity index (χ1) is 18.2. The summed E-state index contributed by atoms with van der Waals surface area (Å²) in [7, 11) is 0. The minimum absolute atomic E-state index is 0.0866. The van der Waals surface area contributed by atoms with E-state index in [9.17, 15) is 9.90 Å². The van der Waals surface area contributed by atoms with Crippen molar-refractivity contribution in [2.45, 2.75) is 18.2 Å². The van der Waals surface area contributed by atoms with Gasteiger partial charge in [-0.05, 0) is 22.3 Å². The second-order valence-electron chi connectivity index (χ2n) is 9.32. The highest BCUT2D eigenvalue weighted by atomic mass is 16.6. The molecule has 0 spiro atoms. The third-order valence-corrected chi connectivity index (χ3v) is 7.16. The molecule has 5 nitrogen and oxygen atoms in total. The number of benzene rings is 4. The number of carbonyl (C=O) groups excluding carboxylic acids is 1. The van der Waals surface area contributed by atoms with Crippen molar-refractivity contribution in [2.75, 3.05) is 26.2 Å². The first kappa shape index (κ1) is 24.8. The van der Waals surface area contributed by atoms with Crippen LogP contribution in [0.3, 0.4) is 0 Å². The highest BCUT2D eigenvalue weighted by Gasteiger charge is 2.47. The molecule has 4 aromatic rings. The average Bonchev–Trinajstić information content (AvgIpc) is 2.98. The highest BCUT2D eigenvalue weighted by molar-refractivity contribution is 5.68. The van der Waals surface area contributed by atoms with E-state index in [4.69, 9.17) is 4.74 Å². The van der Waals surface area contributed by atoms with Crippen molar-refractivity contribution in [2.24, 2.45) is 0 Å². The molecule has 5 heteroatoms. The number of aliphatic hydroxyl groups is 1. The molecule has 188 valence electrons. The van der Waals surface area contributed by atoms with Gasteiger partial charge in [0.1, 0.15) is 6.61 Å². The van der Waals surface area contributed by atoms with Crippen LogP contribution >= 0.6 is 0 Å². The number of nitrogens with zero attached hydrogens (tertiary/aromatic N) is 2. The zero-order valence-electron chi connectivity index (χ0n) is 20.8. The van der Waals surface area contributed by atoms with Gasteiger partial charge in [0.05, 0.1) is 18.2 Å². The molecule has 1 amide bonds. The van der Waals surface area contributed by atoms with Crippen LogP contribution in [-0.2, 0) is 16.9 Å². The van der Waals surface area contributed by atoms with Gasteiger partial charge in [0, 0.05) is 19.6 Å². The fourth-order valence-electron chi connectivity index (χ4n) is 5.47. The number of ether oxygens (including phenoxy) is 1. The summed E-state index contributed by atoms with van der Waals surface area (Å²) in [5.74, 6) is 0. The lowest BCUT2D eigenvalue weighted by atomic mass is 9.74. The minimum atomic E-state index is -0.642. The van der Waals surface area contributed by atoms with Crippen LogP contribution in [0, 0.1) is 0 Å². The molecule has 5 rings (SSSR count). The Kier molecular flexibility index (Phi) is 7.64. The van der Waals surface area contributed by atoms with E-state index < -0.39 is 5.54 Å². The van der Waals surface area contributed by atoms with Gasteiger partial charge in [-0.2, -0.15) is 0 Å². The molecule has 4 aromatic carbocycles. The molecule has 1 saturated heterocycles. The first-order valence-corrected chi connectivity index (χ1v) is 12.7. The summed E-state index contributed by atoms with van der Waals surface area (Å²) in [5.41, 5.74) is 3.66. The highest BCUT2D eigenvalue weighted by Crippen LogP contribution is 2.44. The standard InChI is InChI=1S/C32H32N2O3/c35-24-30-23-33(31(36)37-25-26-13-5-1-6-14-26)21-22-34(30)32(27-15-7-2-8-16-27,28-17-9-3-10-18-28)29-19-11-4-12-20-29/h1-20,30,35H,21-25H2/t30-/m0/s1. The van der Waals surface area contributed by atoms with Gasteiger partial charge in [0.25, 0.3) is 0 Å². The molecule has 1 fully saturated rings. The molecule has 1 aliphatic rings. The maximum Gasteiger partial charge on any atom is 0.410 e. The van der Waals surface area contributed by atoms with Crippen LogP contribution in [0.25, 0.3) is 0 Å². The van der Waals surface area contributed by atoms with E-state index in [2.05, 4.69) is 77.7 Å². The van der Waals surface area contributed by atoms with Gasteiger partial charge in [-0.25, -0.2) is 4.79 Å². The van der Waals surface area contributed by atoms with Crippen molar-refractivity contribution in [1.82, 2.24) is 9.80 Å². The molecule has 37 heavy (non-hydrogen) atoms. The number of amides is 1. The van der Waals surface area contributed by atoms with Crippen LogP contribution in [0.5, 0.6) is 0 Å². The van der Waals surface area contributed by atoms with E-state index in [1.807, 2.05) is 48.5 Å². The van der Waals surface area contributed by atoms with Crippen molar-refractivity contribution in [1.29, 1.82) is 0 Å². The molecule has 1 heterocycles. The van der Waals surface area contributed by atoms with Gasteiger partial charge < -0.3 is 14.7 Å². The Labute approximate surface area is 218 Å². The summed E-state index contributed by atoms with van der Waals surface area (Å²) in [6.07, 6.45) is -0.355. The monoisotopic (exact) mass is 492 g/mol. The van der Waals surface area contributed by atoms with Crippen LogP contribution in [0.4, 0.5) is 4.79 Å². The van der Waals surface area contributed by atoms with Crippen molar-refractivity contribution < 1.29 is 14.6 Å². The summed E-state index contributed by atoms with van der Waals surface area (Å²) in [6, 6.07) is 40.7. The average molecular weight is 493 g/mol. The van der Waals surface area contributed by atoms with Crippen LogP contribution in [0.15, 0.2) is 121 Å². The van der Waals surface area contributed by atoms with Gasteiger partial charge in [0.2, 0.25) is 0 Å². The van der Waals surface area contributed by atoms with Gasteiger partial charge in [-0.3, -0.25) is 4.90 Å². The Bertz CT molecular complexity index is 1170. The second-order valence-corrected chi connectivity index (χ2v) is 9.32. The van der Waals surface area contributed by atoms with E-state index in [1.165, 1.54) is 0 Å². The van der Waals surface area contributed by atoms with Crippen molar-refractivity contribution in [3.05, 3.63) is 144 Å². The number of hydrogen-bond donors (Lipinski definition) is 1. The maximum atomic E-state index is 13.0. The largest absolute Gasteiger partial charge is 0.445 e. The van der Waals surface area contributed by atoms with E-state index in [0.717, 1.165) is 22.3 Å². The fourth-order valence-corrected chi connectivity index (χ4v) is 5.47. The molecule has 0 unspecified atom stereocenters. The topological polar surface area (TPSA) is 53.0 Å². The molecular formula is C32H32N2O3. The van der Waals surface area contributed by atoms with E-state index in [1.54, 1.807) is 4.90 Å². The molecule has 0 saturated carbocycles. The Morgan fingerprint density at radius 1 is 0.730 bits per heavy atom. The Balaban J connectivity index is 1.51. The van der Waals surface area contributed by atoms with Crippen LogP contribution in [0.1, 0.15) is 22.3 Å². The predicted octanol–water partition coefficient (Wildman–Crippen LogP) is 5.29. The van der Waals surface area contributed by atoms with Crippen LogP contribution in [-0.4, -0.2) is 53.3 Å². The molecular weight excluding hydrogens is 460 g/mol. The molecule has 1 N–H and O–H groups in total. The zero-order valence-corrected chi connectivity index (χ0v) is 20.8. The van der Waals surface area contributed by atoms with Crippen molar-refractivity contribution in [3.8, 4) is 0 Å². The van der Waals surface area contributed by atoms with E-state index in [0.29, 0.717) is 19.6 Å². The summed E-state index contributed by atoms with van der Waals surface area (Å²) in [5, 5.41) is 10.7. The van der Waals surface area contributed by atoms with Crippen LogP contribution in [0.2, 0.25) is 0 Å². The lowest BCUT2D eigenvalue weighted by Crippen LogP contribution is -2.63. The van der Waals surface area contributed by atoms with Crippen molar-refractivity contribution in [3.63, 3.8) is 0 Å². The summed E-state index contributed by atoms with van der Waals surface area (Å²) < 4.78 is 5.62. The lowest BCUT2D eigenvalue weighted by molar-refractivity contribution is -0.00869. The third kappa shape index (κ3) is 5.01. The molecule has 0 aliphatic carbocycles. The summed E-state index contributed by atoms with van der Waals surface area (Å²) >= 11 is 0. The normalized spacial score (nSPS) is 16.4. The zero-order chi connectivity index (χ0) is 25.5. The molecule has 1 aliphatic heterocycles. The molecule has 0 bridgehead atoms. The predicted molar refractivity (Wildman–Crippen MR) is 145 cm³/mol. The quantitative estimate of drug-likeness (QED) is 0.356. The van der Waals surface area contributed by atoms with Gasteiger partial charge in [-0.1, -0.05) is 121 Å². The van der Waals surface area contributed by atoms with Gasteiger partial charge in [-0.15, -0.1) is 0 Å². The van der Waals surface area contributed by atoms with Gasteiger partial charge in [0.15, 0.2) is 0 Å². The second kappa shape index (κ2) is 11.4. The maximum absolute atomic E-state index is 13.0. The first-order valence-electron chi connectivity index (χ1n) is 12.7. The number of carbonyl (C=O) groups is 1.